The Balaban J connectivity index is 1.66. The van der Waals surface area contributed by atoms with Crippen LogP contribution >= 0.6 is 11.6 Å². The topological polar surface area (TPSA) is 92.4 Å². The van der Waals surface area contributed by atoms with Crippen LogP contribution in [0, 0.1) is 5.92 Å². The maximum atomic E-state index is 12.2. The van der Waals surface area contributed by atoms with Gasteiger partial charge in [-0.1, -0.05) is 28.9 Å². The lowest BCUT2D eigenvalue weighted by Gasteiger charge is -2.10. The van der Waals surface area contributed by atoms with Gasteiger partial charge in [-0.05, 0) is 31.4 Å². The number of halogens is 1. The smallest absolute Gasteiger partial charge is 0.306 e. The van der Waals surface area contributed by atoms with E-state index >= 15 is 0 Å². The van der Waals surface area contributed by atoms with E-state index in [2.05, 4.69) is 10.5 Å². The van der Waals surface area contributed by atoms with Gasteiger partial charge in [0, 0.05) is 22.7 Å². The Bertz CT molecular complexity index is 743. The summed E-state index contributed by atoms with van der Waals surface area (Å²) in [5.74, 6) is -1.50. The number of carbonyl (C=O) groups excluding carboxylic acids is 1. The highest BCUT2D eigenvalue weighted by Crippen LogP contribution is 2.26. The minimum atomic E-state index is -0.815. The van der Waals surface area contributed by atoms with Crippen LogP contribution in [0.2, 0.25) is 5.02 Å². The second-order valence-electron chi connectivity index (χ2n) is 5.61. The van der Waals surface area contributed by atoms with Gasteiger partial charge in [-0.15, -0.1) is 0 Å². The van der Waals surface area contributed by atoms with Crippen molar-refractivity contribution in [2.24, 2.45) is 5.92 Å². The molecule has 1 aromatic carbocycles. The molecular formula is C16H15ClN2O4. The first-order valence-corrected chi connectivity index (χ1v) is 7.67. The summed E-state index contributed by atoms with van der Waals surface area (Å²) in [7, 11) is 0. The molecule has 2 N–H and O–H groups in total. The highest BCUT2D eigenvalue weighted by Gasteiger charge is 2.31. The number of aliphatic carboxylic acids is 1. The fourth-order valence-electron chi connectivity index (χ4n) is 2.76. The number of carboxylic acid groups (broad SMARTS) is 1. The van der Waals surface area contributed by atoms with E-state index in [9.17, 15) is 9.59 Å². The van der Waals surface area contributed by atoms with Gasteiger partial charge in [-0.3, -0.25) is 9.59 Å². The Morgan fingerprint density at radius 2 is 2.13 bits per heavy atom. The van der Waals surface area contributed by atoms with Gasteiger partial charge in [-0.25, -0.2) is 0 Å². The molecule has 3 rings (SSSR count). The van der Waals surface area contributed by atoms with Gasteiger partial charge in [0.05, 0.1) is 5.92 Å². The molecule has 0 bridgehead atoms. The molecule has 1 saturated carbocycles. The number of carbonyl (C=O) groups is 2. The van der Waals surface area contributed by atoms with Crippen molar-refractivity contribution < 1.29 is 19.2 Å². The molecule has 6 nitrogen and oxygen atoms in total. The average Bonchev–Trinajstić information content (AvgIpc) is 3.16. The Morgan fingerprint density at radius 3 is 2.83 bits per heavy atom. The fraction of sp³-hybridized carbons (Fsp3) is 0.312. The number of hydrogen-bond acceptors (Lipinski definition) is 4. The predicted molar refractivity (Wildman–Crippen MR) is 83.2 cm³/mol. The van der Waals surface area contributed by atoms with Crippen molar-refractivity contribution in [3.05, 3.63) is 41.1 Å². The van der Waals surface area contributed by atoms with E-state index < -0.39 is 11.9 Å². The van der Waals surface area contributed by atoms with Crippen LogP contribution in [-0.4, -0.2) is 28.2 Å². The number of amides is 1. The van der Waals surface area contributed by atoms with Crippen LogP contribution in [0.1, 0.15) is 29.8 Å². The fourth-order valence-corrected chi connectivity index (χ4v) is 2.95. The van der Waals surface area contributed by atoms with E-state index in [-0.39, 0.29) is 17.7 Å². The molecule has 2 atom stereocenters. The summed E-state index contributed by atoms with van der Waals surface area (Å²) in [5.41, 5.74) is 1.28. The Kier molecular flexibility index (Phi) is 4.34. The molecule has 120 valence electrons. The second kappa shape index (κ2) is 6.42. The summed E-state index contributed by atoms with van der Waals surface area (Å²) < 4.78 is 5.08. The van der Waals surface area contributed by atoms with Gasteiger partial charge in [-0.2, -0.15) is 0 Å². The van der Waals surface area contributed by atoms with Crippen molar-refractivity contribution in [1.82, 2.24) is 10.5 Å². The summed E-state index contributed by atoms with van der Waals surface area (Å²) >= 11 is 5.93. The zero-order valence-electron chi connectivity index (χ0n) is 12.2. The predicted octanol–water partition coefficient (Wildman–Crippen LogP) is 2.98. The maximum Gasteiger partial charge on any atom is 0.306 e. The molecule has 0 unspecified atom stereocenters. The molecule has 0 saturated heterocycles. The molecule has 1 aliphatic rings. The zero-order valence-corrected chi connectivity index (χ0v) is 12.9. The highest BCUT2D eigenvalue weighted by molar-refractivity contribution is 6.30. The third kappa shape index (κ3) is 3.53. The van der Waals surface area contributed by atoms with Gasteiger partial charge in [0.1, 0.15) is 5.69 Å². The van der Waals surface area contributed by atoms with Crippen LogP contribution < -0.4 is 5.32 Å². The first kappa shape index (κ1) is 15.6. The molecule has 2 aromatic rings. The molecule has 1 fully saturated rings. The second-order valence-corrected chi connectivity index (χ2v) is 6.04. The number of nitrogens with zero attached hydrogens (tertiary/aromatic N) is 1. The van der Waals surface area contributed by atoms with E-state index in [4.69, 9.17) is 21.2 Å². The van der Waals surface area contributed by atoms with Crippen molar-refractivity contribution in [2.75, 3.05) is 0 Å². The first-order valence-electron chi connectivity index (χ1n) is 7.29. The number of rotatable bonds is 4. The largest absolute Gasteiger partial charge is 0.481 e. The molecule has 23 heavy (non-hydrogen) atoms. The van der Waals surface area contributed by atoms with E-state index in [0.29, 0.717) is 30.0 Å². The molecular weight excluding hydrogens is 320 g/mol. The minimum absolute atomic E-state index is 0.0961. The van der Waals surface area contributed by atoms with Crippen LogP contribution in [0.4, 0.5) is 0 Å². The maximum absolute atomic E-state index is 12.2. The van der Waals surface area contributed by atoms with E-state index in [1.54, 1.807) is 24.3 Å². The lowest BCUT2D eigenvalue weighted by molar-refractivity contribution is -0.141. The number of nitrogens with one attached hydrogen (secondary N) is 1. The summed E-state index contributed by atoms with van der Waals surface area (Å²) in [6, 6.07) is 8.48. The van der Waals surface area contributed by atoms with Gasteiger partial charge in [0.25, 0.3) is 5.91 Å². The van der Waals surface area contributed by atoms with E-state index in [1.807, 2.05) is 6.07 Å². The molecule has 0 aliphatic heterocycles. The van der Waals surface area contributed by atoms with Crippen molar-refractivity contribution >= 4 is 23.5 Å². The molecule has 1 aromatic heterocycles. The lowest BCUT2D eigenvalue weighted by Crippen LogP contribution is -2.33. The standard InChI is InChI=1S/C16H15ClN2O4/c17-11-3-1-2-9(6-11)13-8-14(23-19-13)15(20)18-12-5-4-10(7-12)16(21)22/h1-3,6,8,10,12H,4-5,7H2,(H,18,20)(H,21,22)/t10-,12+/m0/s1. The SMILES string of the molecule is O=C(N[C@@H]1CC[C@H](C(=O)O)C1)c1cc(-c2cccc(Cl)c2)no1. The molecule has 1 amide bonds. The normalized spacial score (nSPS) is 20.4. The van der Waals surface area contributed by atoms with Crippen LogP contribution in [0.15, 0.2) is 34.9 Å². The van der Waals surface area contributed by atoms with Gasteiger partial charge in [0.15, 0.2) is 0 Å². The molecule has 1 heterocycles. The summed E-state index contributed by atoms with van der Waals surface area (Å²) in [6.07, 6.45) is 1.67. The Labute approximate surface area is 137 Å². The average molecular weight is 335 g/mol. The molecule has 1 aliphatic carbocycles. The van der Waals surface area contributed by atoms with Crippen molar-refractivity contribution in [3.63, 3.8) is 0 Å². The van der Waals surface area contributed by atoms with Gasteiger partial charge in [0.2, 0.25) is 5.76 Å². The monoisotopic (exact) mass is 334 g/mol. The lowest BCUT2D eigenvalue weighted by atomic mass is 10.1. The minimum Gasteiger partial charge on any atom is -0.481 e. The third-order valence-electron chi connectivity index (χ3n) is 3.97. The zero-order chi connectivity index (χ0) is 16.4. The van der Waals surface area contributed by atoms with Crippen molar-refractivity contribution in [3.8, 4) is 11.3 Å². The quantitative estimate of drug-likeness (QED) is 0.896. The number of aromatic nitrogens is 1. The molecule has 0 spiro atoms. The van der Waals surface area contributed by atoms with Crippen molar-refractivity contribution in [2.45, 2.75) is 25.3 Å². The van der Waals surface area contributed by atoms with Crippen LogP contribution in [0.25, 0.3) is 11.3 Å². The molecule has 7 heteroatoms. The van der Waals surface area contributed by atoms with Crippen molar-refractivity contribution in [1.29, 1.82) is 0 Å². The van der Waals surface area contributed by atoms with E-state index in [0.717, 1.165) is 5.56 Å². The third-order valence-corrected chi connectivity index (χ3v) is 4.21. The number of benzene rings is 1. The van der Waals surface area contributed by atoms with Crippen LogP contribution in [-0.2, 0) is 4.79 Å². The van der Waals surface area contributed by atoms with Gasteiger partial charge >= 0.3 is 5.97 Å². The number of hydrogen-bond donors (Lipinski definition) is 2. The van der Waals surface area contributed by atoms with Crippen LogP contribution in [0.3, 0.4) is 0 Å². The Morgan fingerprint density at radius 1 is 1.30 bits per heavy atom. The highest BCUT2D eigenvalue weighted by atomic mass is 35.5. The summed E-state index contributed by atoms with van der Waals surface area (Å²) in [5, 5.41) is 16.2. The first-order chi connectivity index (χ1) is 11.0. The van der Waals surface area contributed by atoms with Crippen LogP contribution in [0.5, 0.6) is 0 Å². The Hall–Kier alpha value is -2.34. The molecule has 0 radical (unpaired) electrons. The number of carboxylic acids is 1. The summed E-state index contributed by atoms with van der Waals surface area (Å²) in [4.78, 5) is 23.1. The van der Waals surface area contributed by atoms with Gasteiger partial charge < -0.3 is 14.9 Å². The van der Waals surface area contributed by atoms with E-state index in [1.165, 1.54) is 0 Å². The summed E-state index contributed by atoms with van der Waals surface area (Å²) in [6.45, 7) is 0.